The van der Waals surface area contributed by atoms with Gasteiger partial charge in [0.15, 0.2) is 26.0 Å². The van der Waals surface area contributed by atoms with E-state index in [1.54, 1.807) is 0 Å². The summed E-state index contributed by atoms with van der Waals surface area (Å²) in [5.41, 5.74) is 0. The Kier molecular flexibility index (Phi) is 50.0. The van der Waals surface area contributed by atoms with Gasteiger partial charge < -0.3 is 4.89 Å². The van der Waals surface area contributed by atoms with Gasteiger partial charge in [-0.15, -0.1) is 0 Å². The Hall–Kier alpha value is 0.722. The zero-order chi connectivity index (χ0) is 6.12. The molecule has 0 spiro atoms. The van der Waals surface area contributed by atoms with Crippen LogP contribution in [0, 0.1) is 0 Å². The maximum Gasteiger partial charge on any atom is 0.187 e. The minimum Gasteiger partial charge on any atom is -0.348 e. The largest absolute Gasteiger partial charge is 0.348 e. The van der Waals surface area contributed by atoms with Gasteiger partial charge in [0, 0.05) is 0 Å². The predicted octanol–water partition coefficient (Wildman–Crippen LogP) is 0.272. The zero-order valence-electron chi connectivity index (χ0n) is 4.85. The highest BCUT2D eigenvalue weighted by Crippen LogP contribution is 1.76. The van der Waals surface area contributed by atoms with Crippen LogP contribution < -0.4 is 0 Å². The lowest BCUT2D eigenvalue weighted by molar-refractivity contribution is 0.524. The van der Waals surface area contributed by atoms with Crippen molar-refractivity contribution in [2.45, 2.75) is 26.7 Å². The first-order valence-corrected chi connectivity index (χ1v) is 3.40. The Labute approximate surface area is 62.7 Å². The van der Waals surface area contributed by atoms with E-state index < -0.39 is 8.69 Å². The third-order valence-corrected chi connectivity index (χ3v) is 0.500. The Morgan fingerprint density at radius 1 is 1.38 bits per heavy atom. The first-order chi connectivity index (χ1) is 3.33. The van der Waals surface area contributed by atoms with Crippen LogP contribution in [0.3, 0.4) is 0 Å². The van der Waals surface area contributed by atoms with Gasteiger partial charge in [-0.25, -0.2) is 0 Å². The third-order valence-electron chi connectivity index (χ3n) is 0.500. The molecule has 1 atom stereocenters. The molecular formula is C4H16AlO2P. The van der Waals surface area contributed by atoms with Gasteiger partial charge in [0.2, 0.25) is 0 Å². The third kappa shape index (κ3) is 74.2. The molecule has 0 heterocycles. The van der Waals surface area contributed by atoms with Crippen LogP contribution in [0.2, 0.25) is 0 Å². The smallest absolute Gasteiger partial charge is 0.187 e. The lowest BCUT2D eigenvalue weighted by atomic mass is 10.4. The SMILES string of the molecule is CCCC.O=[PH2]O.[AlH3]. The molecule has 52 valence electrons. The van der Waals surface area contributed by atoms with Crippen molar-refractivity contribution in [1.29, 1.82) is 0 Å². The molecule has 0 bridgehead atoms. The highest BCUT2D eigenvalue weighted by Gasteiger charge is 1.56. The average Bonchev–Trinajstić information content (AvgIpc) is 1.69. The van der Waals surface area contributed by atoms with Crippen molar-refractivity contribution in [3.05, 3.63) is 0 Å². The zero-order valence-corrected chi connectivity index (χ0v) is 6.00. The van der Waals surface area contributed by atoms with Gasteiger partial charge in [0.1, 0.15) is 0 Å². The molecule has 8 heavy (non-hydrogen) atoms. The predicted molar refractivity (Wildman–Crippen MR) is 43.1 cm³/mol. The number of rotatable bonds is 1. The standard InChI is InChI=1S/C4H10.Al.H3O2P.3H/c1-3-4-2;;1-3-2;;;/h3-4H2,1-2H3;;3H2,(H,1,2);;;. The molecule has 0 fully saturated rings. The van der Waals surface area contributed by atoms with Crippen LogP contribution in [0.25, 0.3) is 0 Å². The fourth-order valence-electron chi connectivity index (χ4n) is 0. The summed E-state index contributed by atoms with van der Waals surface area (Å²) >= 11 is 0. The molecule has 0 aromatic carbocycles. The molecule has 1 unspecified atom stereocenters. The van der Waals surface area contributed by atoms with E-state index in [4.69, 9.17) is 9.46 Å². The van der Waals surface area contributed by atoms with E-state index in [2.05, 4.69) is 13.8 Å². The molecule has 1 N–H and O–H groups in total. The molecule has 2 nitrogen and oxygen atoms in total. The van der Waals surface area contributed by atoms with Crippen molar-refractivity contribution < 1.29 is 9.46 Å². The second kappa shape index (κ2) is 25.2. The molecule has 0 saturated heterocycles. The molecule has 0 amide bonds. The molecule has 0 aromatic rings. The normalized spacial score (nSPS) is 7.38. The molecular weight excluding hydrogens is 138 g/mol. The van der Waals surface area contributed by atoms with Gasteiger partial charge in [-0.05, 0) is 0 Å². The number of hydrogen-bond donors (Lipinski definition) is 1. The monoisotopic (exact) mass is 154 g/mol. The van der Waals surface area contributed by atoms with Crippen LogP contribution in [0.5, 0.6) is 0 Å². The van der Waals surface area contributed by atoms with Crippen LogP contribution >= 0.6 is 8.69 Å². The van der Waals surface area contributed by atoms with Crippen molar-refractivity contribution in [3.8, 4) is 0 Å². The van der Waals surface area contributed by atoms with Crippen molar-refractivity contribution in [2.24, 2.45) is 0 Å². The minimum absolute atomic E-state index is 0. The van der Waals surface area contributed by atoms with Crippen molar-refractivity contribution >= 4 is 26.0 Å². The first-order valence-electron chi connectivity index (χ1n) is 2.41. The maximum atomic E-state index is 8.57. The summed E-state index contributed by atoms with van der Waals surface area (Å²) in [5, 5.41) is 0. The first kappa shape index (κ1) is 15.9. The fourth-order valence-corrected chi connectivity index (χ4v) is 0. The van der Waals surface area contributed by atoms with Gasteiger partial charge in [-0.3, -0.25) is 4.57 Å². The fraction of sp³-hybridized carbons (Fsp3) is 1.00. The molecule has 0 aromatic heterocycles. The maximum absolute atomic E-state index is 8.57. The molecule has 0 rings (SSSR count). The van der Waals surface area contributed by atoms with Crippen molar-refractivity contribution in [3.63, 3.8) is 0 Å². The van der Waals surface area contributed by atoms with Crippen LogP contribution in [-0.2, 0) is 4.57 Å². The Balaban J connectivity index is -0.0000000575. The van der Waals surface area contributed by atoms with E-state index in [-0.39, 0.29) is 17.4 Å². The summed E-state index contributed by atoms with van der Waals surface area (Å²) in [6.07, 6.45) is 2.64. The molecule has 4 heteroatoms. The van der Waals surface area contributed by atoms with E-state index in [1.807, 2.05) is 0 Å². The van der Waals surface area contributed by atoms with Gasteiger partial charge >= 0.3 is 0 Å². The van der Waals surface area contributed by atoms with Crippen molar-refractivity contribution in [1.82, 2.24) is 0 Å². The van der Waals surface area contributed by atoms with Crippen LogP contribution in [0.15, 0.2) is 0 Å². The van der Waals surface area contributed by atoms with E-state index in [0.717, 1.165) is 0 Å². The second-order valence-electron chi connectivity index (χ2n) is 1.11. The molecule has 0 aliphatic heterocycles. The molecule has 0 aliphatic rings. The van der Waals surface area contributed by atoms with Gasteiger partial charge in [0.05, 0.1) is 0 Å². The number of unbranched alkanes of at least 4 members (excludes halogenated alkanes) is 1. The van der Waals surface area contributed by atoms with Crippen LogP contribution in [-0.4, -0.2) is 22.3 Å². The minimum atomic E-state index is -1.50. The Bertz CT molecular complexity index is 33.2. The second-order valence-corrected chi connectivity index (χ2v) is 1.32. The average molecular weight is 154 g/mol. The van der Waals surface area contributed by atoms with Crippen molar-refractivity contribution in [2.75, 3.05) is 0 Å². The summed E-state index contributed by atoms with van der Waals surface area (Å²) < 4.78 is 8.57. The number of hydrogen-bond acceptors (Lipinski definition) is 1. The summed E-state index contributed by atoms with van der Waals surface area (Å²) in [7, 11) is -1.50. The van der Waals surface area contributed by atoms with E-state index in [9.17, 15) is 0 Å². The highest BCUT2D eigenvalue weighted by atomic mass is 31.1. The lowest BCUT2D eigenvalue weighted by Crippen LogP contribution is -1.47. The molecule has 0 saturated carbocycles. The van der Waals surface area contributed by atoms with Crippen LogP contribution in [0.1, 0.15) is 26.7 Å². The summed E-state index contributed by atoms with van der Waals surface area (Å²) in [5.74, 6) is 0. The van der Waals surface area contributed by atoms with E-state index in [1.165, 1.54) is 12.8 Å². The van der Waals surface area contributed by atoms with Crippen LogP contribution in [0.4, 0.5) is 0 Å². The lowest BCUT2D eigenvalue weighted by Gasteiger charge is -1.68. The van der Waals surface area contributed by atoms with Gasteiger partial charge in [-0.2, -0.15) is 0 Å². The Morgan fingerprint density at radius 3 is 1.50 bits per heavy atom. The topological polar surface area (TPSA) is 37.3 Å². The molecule has 0 radical (unpaired) electrons. The van der Waals surface area contributed by atoms with E-state index >= 15 is 0 Å². The van der Waals surface area contributed by atoms with E-state index in [0.29, 0.717) is 0 Å². The van der Waals surface area contributed by atoms with Gasteiger partial charge in [0.25, 0.3) is 0 Å². The quantitative estimate of drug-likeness (QED) is 0.435. The molecule has 0 aliphatic carbocycles. The highest BCUT2D eigenvalue weighted by molar-refractivity contribution is 7.16. The summed E-state index contributed by atoms with van der Waals surface area (Å²) in [6, 6.07) is 0. The van der Waals surface area contributed by atoms with Gasteiger partial charge in [-0.1, -0.05) is 26.7 Å². The Morgan fingerprint density at radius 2 is 1.50 bits per heavy atom. The summed E-state index contributed by atoms with van der Waals surface area (Å²) in [6.45, 7) is 4.36. The summed E-state index contributed by atoms with van der Waals surface area (Å²) in [4.78, 5) is 7.10.